The quantitative estimate of drug-likeness (QED) is 0.730. The fourth-order valence-corrected chi connectivity index (χ4v) is 2.82. The van der Waals surface area contributed by atoms with Crippen LogP contribution in [0, 0.1) is 3.57 Å². The molecule has 0 bridgehead atoms. The highest BCUT2D eigenvalue weighted by molar-refractivity contribution is 14.1. The summed E-state index contributed by atoms with van der Waals surface area (Å²) in [7, 11) is 0. The van der Waals surface area contributed by atoms with Crippen LogP contribution in [-0.4, -0.2) is 11.9 Å². The smallest absolute Gasteiger partial charge is 0.241 e. The van der Waals surface area contributed by atoms with Gasteiger partial charge < -0.3 is 11.1 Å². The van der Waals surface area contributed by atoms with E-state index in [9.17, 15) is 4.79 Å². The van der Waals surface area contributed by atoms with Crippen LogP contribution < -0.4 is 11.1 Å². The lowest BCUT2D eigenvalue weighted by Gasteiger charge is -2.13. The Morgan fingerprint density at radius 2 is 1.95 bits per heavy atom. The summed E-state index contributed by atoms with van der Waals surface area (Å²) in [6, 6.07) is 14.9. The number of aryl methyl sites for hydroxylation is 1. The Balaban J connectivity index is 1.90. The van der Waals surface area contributed by atoms with Crippen molar-refractivity contribution in [1.82, 2.24) is 0 Å². The van der Waals surface area contributed by atoms with Crippen LogP contribution in [0.25, 0.3) is 0 Å². The SMILES string of the molecule is N[C@@H](CCc1ccccc1)C(=O)Nc1ccc(I)cc1Cl. The summed E-state index contributed by atoms with van der Waals surface area (Å²) in [5.74, 6) is -0.214. The fourth-order valence-electron chi connectivity index (χ4n) is 1.91. The maximum Gasteiger partial charge on any atom is 0.241 e. The number of halogens is 2. The molecule has 1 amide bonds. The monoisotopic (exact) mass is 414 g/mol. The lowest BCUT2D eigenvalue weighted by molar-refractivity contribution is -0.117. The maximum atomic E-state index is 12.1. The second-order valence-corrected chi connectivity index (χ2v) is 6.40. The van der Waals surface area contributed by atoms with E-state index in [0.29, 0.717) is 17.1 Å². The number of nitrogens with two attached hydrogens (primary N) is 1. The number of hydrogen-bond acceptors (Lipinski definition) is 2. The zero-order chi connectivity index (χ0) is 15.2. The molecule has 0 unspecified atom stereocenters. The number of amides is 1. The number of hydrogen-bond donors (Lipinski definition) is 2. The number of anilines is 1. The van der Waals surface area contributed by atoms with Crippen LogP contribution in [0.5, 0.6) is 0 Å². The van der Waals surface area contributed by atoms with E-state index in [1.54, 1.807) is 12.1 Å². The maximum absolute atomic E-state index is 12.1. The molecule has 21 heavy (non-hydrogen) atoms. The Hall–Kier alpha value is -1.11. The van der Waals surface area contributed by atoms with Crippen molar-refractivity contribution >= 4 is 45.8 Å². The molecule has 2 rings (SSSR count). The minimum absolute atomic E-state index is 0.214. The third-order valence-corrected chi connectivity index (χ3v) is 4.10. The van der Waals surface area contributed by atoms with Crippen LogP contribution in [0.4, 0.5) is 5.69 Å². The molecule has 3 nitrogen and oxygen atoms in total. The van der Waals surface area contributed by atoms with Crippen molar-refractivity contribution < 1.29 is 4.79 Å². The predicted octanol–water partition coefficient (Wildman–Crippen LogP) is 3.84. The first-order chi connectivity index (χ1) is 10.1. The Kier molecular flexibility index (Phi) is 6.02. The fraction of sp³-hybridized carbons (Fsp3) is 0.188. The molecule has 0 saturated carbocycles. The number of nitrogens with one attached hydrogen (secondary N) is 1. The van der Waals surface area contributed by atoms with Crippen molar-refractivity contribution in [3.8, 4) is 0 Å². The van der Waals surface area contributed by atoms with Crippen LogP contribution in [0.2, 0.25) is 5.02 Å². The second-order valence-electron chi connectivity index (χ2n) is 4.74. The first-order valence-corrected chi connectivity index (χ1v) is 8.07. The molecule has 0 spiro atoms. The molecular formula is C16H16ClIN2O. The Morgan fingerprint density at radius 1 is 1.24 bits per heavy atom. The van der Waals surface area contributed by atoms with Crippen molar-refractivity contribution in [2.45, 2.75) is 18.9 Å². The van der Waals surface area contributed by atoms with Gasteiger partial charge in [-0.3, -0.25) is 4.79 Å². The van der Waals surface area contributed by atoms with Gasteiger partial charge in [-0.15, -0.1) is 0 Å². The molecular weight excluding hydrogens is 399 g/mol. The Labute approximate surface area is 143 Å². The standard InChI is InChI=1S/C16H16ClIN2O/c17-13-10-12(18)7-9-15(13)20-16(21)14(19)8-6-11-4-2-1-3-5-11/h1-5,7,9-10,14H,6,8,19H2,(H,20,21)/t14-/m0/s1. The van der Waals surface area contributed by atoms with E-state index < -0.39 is 6.04 Å². The van der Waals surface area contributed by atoms with Gasteiger partial charge in [-0.05, 0) is 59.2 Å². The molecule has 0 saturated heterocycles. The minimum atomic E-state index is -0.555. The van der Waals surface area contributed by atoms with E-state index in [0.717, 1.165) is 9.99 Å². The number of carbonyl (C=O) groups excluding carboxylic acids is 1. The summed E-state index contributed by atoms with van der Waals surface area (Å²) in [5.41, 5.74) is 7.71. The van der Waals surface area contributed by atoms with E-state index in [4.69, 9.17) is 17.3 Å². The molecule has 2 aromatic rings. The highest BCUT2D eigenvalue weighted by Crippen LogP contribution is 2.24. The van der Waals surface area contributed by atoms with Crippen LogP contribution in [0.1, 0.15) is 12.0 Å². The molecule has 0 aromatic heterocycles. The average molecular weight is 415 g/mol. The van der Waals surface area contributed by atoms with E-state index in [1.807, 2.05) is 36.4 Å². The van der Waals surface area contributed by atoms with Crippen LogP contribution in [0.15, 0.2) is 48.5 Å². The number of rotatable bonds is 5. The van der Waals surface area contributed by atoms with Gasteiger partial charge in [0.1, 0.15) is 0 Å². The zero-order valence-corrected chi connectivity index (χ0v) is 14.3. The van der Waals surface area contributed by atoms with E-state index in [1.165, 1.54) is 5.56 Å². The van der Waals surface area contributed by atoms with Crippen LogP contribution in [-0.2, 0) is 11.2 Å². The normalized spacial score (nSPS) is 12.0. The predicted molar refractivity (Wildman–Crippen MR) is 95.5 cm³/mol. The van der Waals surface area contributed by atoms with Gasteiger partial charge in [0.15, 0.2) is 0 Å². The van der Waals surface area contributed by atoms with Gasteiger partial charge in [0.05, 0.1) is 16.8 Å². The lowest BCUT2D eigenvalue weighted by Crippen LogP contribution is -2.36. The van der Waals surface area contributed by atoms with Gasteiger partial charge in [-0.25, -0.2) is 0 Å². The first-order valence-electron chi connectivity index (χ1n) is 6.61. The van der Waals surface area contributed by atoms with Crippen molar-refractivity contribution in [2.75, 3.05) is 5.32 Å². The molecule has 0 radical (unpaired) electrons. The van der Waals surface area contributed by atoms with Gasteiger partial charge in [-0.1, -0.05) is 41.9 Å². The summed E-state index contributed by atoms with van der Waals surface area (Å²) in [6.45, 7) is 0. The van der Waals surface area contributed by atoms with Gasteiger partial charge in [0.2, 0.25) is 5.91 Å². The highest BCUT2D eigenvalue weighted by atomic mass is 127. The van der Waals surface area contributed by atoms with E-state index >= 15 is 0 Å². The van der Waals surface area contributed by atoms with Crippen molar-refractivity contribution in [1.29, 1.82) is 0 Å². The summed E-state index contributed by atoms with van der Waals surface area (Å²) in [4.78, 5) is 12.1. The molecule has 1 atom stereocenters. The molecule has 110 valence electrons. The summed E-state index contributed by atoms with van der Waals surface area (Å²) in [6.07, 6.45) is 1.37. The number of benzene rings is 2. The third kappa shape index (κ3) is 4.98. The molecule has 5 heteroatoms. The zero-order valence-electron chi connectivity index (χ0n) is 11.4. The van der Waals surface area contributed by atoms with Crippen molar-refractivity contribution in [3.05, 3.63) is 62.7 Å². The van der Waals surface area contributed by atoms with Crippen molar-refractivity contribution in [3.63, 3.8) is 0 Å². The number of carbonyl (C=O) groups is 1. The topological polar surface area (TPSA) is 55.1 Å². The van der Waals surface area contributed by atoms with Gasteiger partial charge in [-0.2, -0.15) is 0 Å². The molecule has 0 heterocycles. The lowest BCUT2D eigenvalue weighted by atomic mass is 10.1. The largest absolute Gasteiger partial charge is 0.323 e. The molecule has 0 aliphatic rings. The average Bonchev–Trinajstić information content (AvgIpc) is 2.48. The van der Waals surface area contributed by atoms with Crippen LogP contribution >= 0.6 is 34.2 Å². The summed E-state index contributed by atoms with van der Waals surface area (Å²) in [5, 5.41) is 3.29. The van der Waals surface area contributed by atoms with E-state index in [-0.39, 0.29) is 5.91 Å². The first kappa shape index (κ1) is 16.3. The molecule has 0 aliphatic heterocycles. The van der Waals surface area contributed by atoms with Gasteiger partial charge in [0.25, 0.3) is 0 Å². The van der Waals surface area contributed by atoms with Gasteiger partial charge >= 0.3 is 0 Å². The van der Waals surface area contributed by atoms with Gasteiger partial charge in [0, 0.05) is 3.57 Å². The van der Waals surface area contributed by atoms with Crippen LogP contribution in [0.3, 0.4) is 0 Å². The molecule has 3 N–H and O–H groups in total. The third-order valence-electron chi connectivity index (χ3n) is 3.11. The van der Waals surface area contributed by atoms with E-state index in [2.05, 4.69) is 27.9 Å². The minimum Gasteiger partial charge on any atom is -0.323 e. The summed E-state index contributed by atoms with van der Waals surface area (Å²) >= 11 is 8.26. The highest BCUT2D eigenvalue weighted by Gasteiger charge is 2.14. The van der Waals surface area contributed by atoms with Crippen molar-refractivity contribution in [2.24, 2.45) is 5.73 Å². The summed E-state index contributed by atoms with van der Waals surface area (Å²) < 4.78 is 1.02. The molecule has 2 aromatic carbocycles. The molecule has 0 aliphatic carbocycles. The Morgan fingerprint density at radius 3 is 2.62 bits per heavy atom. The Bertz CT molecular complexity index is 619. The second kappa shape index (κ2) is 7.77. The molecule has 0 fully saturated rings.